The van der Waals surface area contributed by atoms with Crippen molar-refractivity contribution in [2.45, 2.75) is 58.7 Å². The minimum Gasteiger partial charge on any atom is -0.507 e. The third-order valence-corrected chi connectivity index (χ3v) is 9.50. The van der Waals surface area contributed by atoms with Crippen molar-refractivity contribution in [2.75, 3.05) is 52.8 Å². The molecule has 1 aromatic carbocycles. The molecule has 0 heterocycles. The largest absolute Gasteiger partial charge is 0.507 e. The Balaban J connectivity index is 1.79. The fraction of sp³-hybridized carbons (Fsp3) is 0.618. The molecule has 15 heteroatoms. The van der Waals surface area contributed by atoms with E-state index in [0.717, 1.165) is 0 Å². The summed E-state index contributed by atoms with van der Waals surface area (Å²) in [5, 5.41) is 23.5. The van der Waals surface area contributed by atoms with Crippen LogP contribution in [0.5, 0.6) is 5.75 Å². The molecular weight excluding hydrogens is 640 g/mol. The highest BCUT2D eigenvalue weighted by molar-refractivity contribution is 6.32. The van der Waals surface area contributed by atoms with E-state index in [2.05, 4.69) is 0 Å². The number of rotatable bonds is 9. The minimum atomic E-state index is -2.84. The van der Waals surface area contributed by atoms with E-state index < -0.39 is 87.6 Å². The average molecular weight is 687 g/mol. The summed E-state index contributed by atoms with van der Waals surface area (Å²) < 4.78 is 10.2. The summed E-state index contributed by atoms with van der Waals surface area (Å²) in [6.07, 6.45) is -0.730. The standard InChI is InChI=1S/C34H46N4O11/c1-16(39)48-9-10-49-32(46)38(15-33(2,3)4)14-18-13-21(36(5)6)19-11-17-12-20-25(37(7)8)28(42)24(31(35)45)30(44)34(20,47)29(43)22(17)27(41)23(19)26(18)40/h13,17,20,22,24-25,40,47H,9-12,14-15H2,1-8H3,(H2,35,45)/t17-,20-,22?,24?,25-,34-/m0/s1. The number of amides is 2. The molecule has 0 saturated heterocycles. The van der Waals surface area contributed by atoms with Crippen LogP contribution < -0.4 is 10.6 Å². The van der Waals surface area contributed by atoms with Gasteiger partial charge in [-0.3, -0.25) is 33.7 Å². The number of fused-ring (bicyclic) bond motifs is 3. The maximum atomic E-state index is 14.4. The van der Waals surface area contributed by atoms with Crippen LogP contribution in [0.15, 0.2) is 6.07 Å². The number of ketones is 4. The van der Waals surface area contributed by atoms with E-state index in [1.807, 2.05) is 20.8 Å². The number of Topliss-reactive ketones (excluding diaryl/α,β-unsaturated/α-hetero) is 4. The number of primary amides is 1. The van der Waals surface area contributed by atoms with Crippen molar-refractivity contribution in [3.63, 3.8) is 0 Å². The normalized spacial score (nSPS) is 26.4. The summed E-state index contributed by atoms with van der Waals surface area (Å²) in [5.41, 5.74) is 3.12. The van der Waals surface area contributed by atoms with Gasteiger partial charge in [-0.15, -0.1) is 0 Å². The summed E-state index contributed by atoms with van der Waals surface area (Å²) >= 11 is 0. The fourth-order valence-corrected chi connectivity index (χ4v) is 7.59. The third-order valence-electron chi connectivity index (χ3n) is 9.50. The van der Waals surface area contributed by atoms with E-state index in [9.17, 15) is 43.8 Å². The zero-order valence-electron chi connectivity index (χ0n) is 29.2. The summed E-state index contributed by atoms with van der Waals surface area (Å²) in [7, 11) is 6.52. The van der Waals surface area contributed by atoms with Crippen molar-refractivity contribution in [1.29, 1.82) is 0 Å². The molecule has 49 heavy (non-hydrogen) atoms. The SMILES string of the molecule is CC(=O)OCCOC(=O)N(Cc1cc(N(C)C)c2c(c1O)C(=O)C1C(=O)[C@]3(O)C(=O)C(C(N)=O)C(=O)[C@@H](N(C)C)[C@@H]3C[C@@H]1C2)CC(C)(C)C. The molecule has 2 fully saturated rings. The summed E-state index contributed by atoms with van der Waals surface area (Å²) in [6, 6.07) is 0.450. The third kappa shape index (κ3) is 6.78. The van der Waals surface area contributed by atoms with Crippen molar-refractivity contribution in [1.82, 2.24) is 9.80 Å². The molecule has 4 N–H and O–H groups in total. The Kier molecular flexibility index (Phi) is 10.3. The number of carbonyl (C=O) groups excluding carboxylic acids is 7. The first-order valence-electron chi connectivity index (χ1n) is 16.1. The van der Waals surface area contributed by atoms with Crippen LogP contribution in [0.3, 0.4) is 0 Å². The lowest BCUT2D eigenvalue weighted by molar-refractivity contribution is -0.181. The number of benzene rings is 1. The number of likely N-dealkylation sites (N-methyl/N-ethyl adjacent to an activating group) is 1. The molecule has 2 unspecified atom stereocenters. The van der Waals surface area contributed by atoms with Gasteiger partial charge in [0.15, 0.2) is 34.7 Å². The maximum absolute atomic E-state index is 14.4. The minimum absolute atomic E-state index is 0.0716. The van der Waals surface area contributed by atoms with E-state index in [1.165, 1.54) is 30.8 Å². The van der Waals surface area contributed by atoms with Crippen molar-refractivity contribution >= 4 is 46.8 Å². The summed E-state index contributed by atoms with van der Waals surface area (Å²) in [6.45, 7) is 6.53. The number of nitrogens with two attached hydrogens (primary N) is 1. The van der Waals surface area contributed by atoms with Gasteiger partial charge in [0.1, 0.15) is 19.0 Å². The number of hydrogen-bond acceptors (Lipinski definition) is 13. The zero-order valence-corrected chi connectivity index (χ0v) is 29.2. The molecule has 268 valence electrons. The molecule has 6 atom stereocenters. The number of esters is 1. The lowest BCUT2D eigenvalue weighted by Crippen LogP contribution is -2.74. The second-order valence-corrected chi connectivity index (χ2v) is 14.8. The van der Waals surface area contributed by atoms with Crippen molar-refractivity contribution < 1.29 is 53.2 Å². The Morgan fingerprint density at radius 1 is 1.02 bits per heavy atom. The van der Waals surface area contributed by atoms with Crippen LogP contribution in [-0.4, -0.2) is 121 Å². The van der Waals surface area contributed by atoms with Crippen LogP contribution in [0.2, 0.25) is 0 Å². The highest BCUT2D eigenvalue weighted by Gasteiger charge is 2.69. The van der Waals surface area contributed by atoms with Crippen LogP contribution in [0.25, 0.3) is 0 Å². The van der Waals surface area contributed by atoms with Crippen LogP contribution in [0.1, 0.15) is 55.6 Å². The van der Waals surface area contributed by atoms with Crippen LogP contribution in [0, 0.1) is 29.1 Å². The molecule has 2 saturated carbocycles. The Morgan fingerprint density at radius 3 is 2.16 bits per heavy atom. The van der Waals surface area contributed by atoms with Crippen molar-refractivity contribution in [3.8, 4) is 5.75 Å². The molecule has 2 amide bonds. The molecular formula is C34H46N4O11. The topological polar surface area (TPSA) is 214 Å². The van der Waals surface area contributed by atoms with Crippen molar-refractivity contribution in [3.05, 3.63) is 22.8 Å². The van der Waals surface area contributed by atoms with Gasteiger partial charge < -0.3 is 35.2 Å². The average Bonchev–Trinajstić information content (AvgIpc) is 2.96. The predicted octanol–water partition coefficient (Wildman–Crippen LogP) is 0.481. The van der Waals surface area contributed by atoms with E-state index in [-0.39, 0.29) is 50.3 Å². The Morgan fingerprint density at radius 2 is 1.63 bits per heavy atom. The molecule has 0 bridgehead atoms. The number of hydrogen-bond donors (Lipinski definition) is 3. The fourth-order valence-electron chi connectivity index (χ4n) is 7.59. The molecule has 15 nitrogen and oxygen atoms in total. The van der Waals surface area contributed by atoms with E-state index in [1.54, 1.807) is 25.1 Å². The van der Waals surface area contributed by atoms with E-state index >= 15 is 0 Å². The second-order valence-electron chi connectivity index (χ2n) is 14.8. The lowest BCUT2D eigenvalue weighted by atomic mass is 9.52. The Bertz CT molecular complexity index is 1600. The quantitative estimate of drug-likeness (QED) is 0.183. The first-order valence-corrected chi connectivity index (χ1v) is 16.1. The molecule has 3 aliphatic rings. The molecule has 0 spiro atoms. The van der Waals surface area contributed by atoms with Crippen LogP contribution in [0.4, 0.5) is 10.5 Å². The zero-order chi connectivity index (χ0) is 36.9. The number of carbonyl (C=O) groups is 7. The predicted molar refractivity (Wildman–Crippen MR) is 174 cm³/mol. The highest BCUT2D eigenvalue weighted by Crippen LogP contribution is 2.52. The van der Waals surface area contributed by atoms with Gasteiger partial charge in [0.05, 0.1) is 24.1 Å². The van der Waals surface area contributed by atoms with Gasteiger partial charge in [-0.2, -0.15) is 0 Å². The molecule has 4 rings (SSSR count). The smallest absolute Gasteiger partial charge is 0.410 e. The lowest BCUT2D eigenvalue weighted by Gasteiger charge is -2.52. The maximum Gasteiger partial charge on any atom is 0.410 e. The summed E-state index contributed by atoms with van der Waals surface area (Å²) in [4.78, 5) is 96.6. The molecule has 0 radical (unpaired) electrons. The van der Waals surface area contributed by atoms with Gasteiger partial charge in [0.25, 0.3) is 0 Å². The molecule has 0 aliphatic heterocycles. The second kappa shape index (κ2) is 13.5. The van der Waals surface area contributed by atoms with E-state index in [4.69, 9.17) is 15.2 Å². The van der Waals surface area contributed by atoms with Gasteiger partial charge in [0, 0.05) is 44.7 Å². The number of phenolic OH excluding ortho intramolecular Hbond substituents is 1. The number of nitrogens with zero attached hydrogens (tertiary/aromatic N) is 3. The van der Waals surface area contributed by atoms with Gasteiger partial charge in [0.2, 0.25) is 5.91 Å². The van der Waals surface area contributed by atoms with Gasteiger partial charge in [-0.25, -0.2) is 4.79 Å². The number of anilines is 1. The van der Waals surface area contributed by atoms with Gasteiger partial charge >= 0.3 is 12.1 Å². The molecule has 1 aromatic rings. The van der Waals surface area contributed by atoms with Crippen molar-refractivity contribution in [2.24, 2.45) is 34.8 Å². The monoisotopic (exact) mass is 686 g/mol. The number of ether oxygens (including phenoxy) is 2. The molecule has 0 aromatic heterocycles. The Hall–Kier alpha value is -4.37. The van der Waals surface area contributed by atoms with Crippen LogP contribution in [-0.2, 0) is 46.4 Å². The number of aliphatic hydroxyl groups is 1. The summed E-state index contributed by atoms with van der Waals surface area (Å²) in [5.74, 6) is -12.0. The first kappa shape index (κ1) is 37.4. The number of phenols is 1. The van der Waals surface area contributed by atoms with Gasteiger partial charge in [-0.1, -0.05) is 20.8 Å². The molecule has 3 aliphatic carbocycles. The first-order chi connectivity index (χ1) is 22.6. The Labute approximate surface area is 284 Å². The van der Waals surface area contributed by atoms with E-state index in [0.29, 0.717) is 11.3 Å². The highest BCUT2D eigenvalue weighted by atomic mass is 16.6. The van der Waals surface area contributed by atoms with Crippen LogP contribution >= 0.6 is 0 Å². The van der Waals surface area contributed by atoms with Gasteiger partial charge in [-0.05, 0) is 49.9 Å². The number of aromatic hydroxyl groups is 1.